The molecule has 0 saturated carbocycles. The molecule has 0 spiro atoms. The van der Waals surface area contributed by atoms with Gasteiger partial charge in [-0.3, -0.25) is 9.10 Å². The highest BCUT2D eigenvalue weighted by molar-refractivity contribution is 7.92. The highest BCUT2D eigenvalue weighted by atomic mass is 32.2. The van der Waals surface area contributed by atoms with Crippen LogP contribution in [0.2, 0.25) is 0 Å². The van der Waals surface area contributed by atoms with Crippen LogP contribution in [0.15, 0.2) is 71.6 Å². The van der Waals surface area contributed by atoms with Gasteiger partial charge < -0.3 is 14.8 Å². The van der Waals surface area contributed by atoms with E-state index in [1.165, 1.54) is 26.4 Å². The zero-order valence-electron chi connectivity index (χ0n) is 18.5. The number of anilines is 2. The van der Waals surface area contributed by atoms with Crippen LogP contribution in [0.5, 0.6) is 11.5 Å². The molecule has 0 fully saturated rings. The van der Waals surface area contributed by atoms with E-state index in [1.807, 2.05) is 26.0 Å². The lowest BCUT2D eigenvalue weighted by molar-refractivity contribution is -0.114. The van der Waals surface area contributed by atoms with Crippen molar-refractivity contribution in [3.05, 3.63) is 77.9 Å². The van der Waals surface area contributed by atoms with E-state index in [0.29, 0.717) is 17.2 Å². The second-order valence-corrected chi connectivity index (χ2v) is 9.02. The predicted molar refractivity (Wildman–Crippen MR) is 125 cm³/mol. The largest absolute Gasteiger partial charge is 0.497 e. The third-order valence-electron chi connectivity index (χ3n) is 5.17. The second-order valence-electron chi connectivity index (χ2n) is 7.15. The van der Waals surface area contributed by atoms with Crippen LogP contribution in [0.3, 0.4) is 0 Å². The van der Waals surface area contributed by atoms with Crippen LogP contribution in [-0.2, 0) is 14.8 Å². The van der Waals surface area contributed by atoms with E-state index in [-0.39, 0.29) is 10.6 Å². The summed E-state index contributed by atoms with van der Waals surface area (Å²) in [5, 5.41) is 2.82. The van der Waals surface area contributed by atoms with Crippen LogP contribution in [-0.4, -0.2) is 35.1 Å². The Morgan fingerprint density at radius 3 is 2.25 bits per heavy atom. The average molecular weight is 455 g/mol. The Morgan fingerprint density at radius 2 is 1.59 bits per heavy atom. The average Bonchev–Trinajstić information content (AvgIpc) is 2.80. The minimum Gasteiger partial charge on any atom is -0.497 e. The summed E-state index contributed by atoms with van der Waals surface area (Å²) in [4.78, 5) is 13.0. The Hall–Kier alpha value is -3.52. The quantitative estimate of drug-likeness (QED) is 0.553. The van der Waals surface area contributed by atoms with Gasteiger partial charge in [-0.25, -0.2) is 8.42 Å². The number of sulfonamides is 1. The lowest BCUT2D eigenvalue weighted by atomic mass is 10.1. The van der Waals surface area contributed by atoms with E-state index in [4.69, 9.17) is 9.47 Å². The van der Waals surface area contributed by atoms with E-state index in [9.17, 15) is 13.2 Å². The normalized spacial score (nSPS) is 11.0. The van der Waals surface area contributed by atoms with E-state index < -0.39 is 22.5 Å². The van der Waals surface area contributed by atoms with Crippen molar-refractivity contribution in [3.63, 3.8) is 0 Å². The lowest BCUT2D eigenvalue weighted by Gasteiger charge is -2.26. The Balaban J connectivity index is 2.00. The van der Waals surface area contributed by atoms with Crippen LogP contribution in [0, 0.1) is 13.8 Å². The molecule has 3 aromatic rings. The van der Waals surface area contributed by atoms with Gasteiger partial charge in [0.2, 0.25) is 5.91 Å². The Labute approximate surface area is 188 Å². The van der Waals surface area contributed by atoms with Crippen molar-refractivity contribution in [1.82, 2.24) is 0 Å². The van der Waals surface area contributed by atoms with Gasteiger partial charge in [0.05, 0.1) is 24.8 Å². The summed E-state index contributed by atoms with van der Waals surface area (Å²) in [7, 11) is -1.13. The van der Waals surface area contributed by atoms with Crippen LogP contribution < -0.4 is 19.1 Å². The first-order chi connectivity index (χ1) is 15.3. The number of nitrogens with zero attached hydrogens (tertiary/aromatic N) is 1. The second kappa shape index (κ2) is 9.74. The maximum atomic E-state index is 13.6. The molecule has 168 valence electrons. The molecule has 0 aliphatic heterocycles. The molecular weight excluding hydrogens is 428 g/mol. The van der Waals surface area contributed by atoms with E-state index >= 15 is 0 Å². The van der Waals surface area contributed by atoms with Gasteiger partial charge in [0.1, 0.15) is 18.0 Å². The summed E-state index contributed by atoms with van der Waals surface area (Å²) < 4.78 is 38.7. The first-order valence-corrected chi connectivity index (χ1v) is 11.4. The summed E-state index contributed by atoms with van der Waals surface area (Å²) in [6.45, 7) is 3.42. The number of amides is 1. The lowest BCUT2D eigenvalue weighted by Crippen LogP contribution is -2.38. The number of rotatable bonds is 8. The molecule has 0 heterocycles. The SMILES string of the molecule is COc1ccc(S(=O)(=O)N(CC(=O)Nc2cccc(C)c2C)c2ccccc2OC)cc1. The van der Waals surface area contributed by atoms with Crippen molar-refractivity contribution in [2.45, 2.75) is 18.7 Å². The summed E-state index contributed by atoms with van der Waals surface area (Å²) in [6, 6.07) is 18.2. The first-order valence-electron chi connectivity index (χ1n) is 9.94. The third-order valence-corrected chi connectivity index (χ3v) is 6.94. The topological polar surface area (TPSA) is 84.9 Å². The van der Waals surface area contributed by atoms with Gasteiger partial charge in [0.15, 0.2) is 0 Å². The molecule has 1 amide bonds. The molecule has 7 nitrogen and oxygen atoms in total. The van der Waals surface area contributed by atoms with Crippen molar-refractivity contribution < 1.29 is 22.7 Å². The fourth-order valence-electron chi connectivity index (χ4n) is 3.22. The first kappa shape index (κ1) is 23.1. The molecule has 0 radical (unpaired) electrons. The van der Waals surface area contributed by atoms with Gasteiger partial charge in [0, 0.05) is 5.69 Å². The summed E-state index contributed by atoms with van der Waals surface area (Å²) >= 11 is 0. The standard InChI is InChI=1S/C24H26N2O5S/c1-17-8-7-9-21(18(17)2)25-24(27)16-26(22-10-5-6-11-23(22)31-4)32(28,29)20-14-12-19(30-3)13-15-20/h5-15H,16H2,1-4H3,(H,25,27). The number of hydrogen-bond donors (Lipinski definition) is 1. The van der Waals surface area contributed by atoms with Gasteiger partial charge >= 0.3 is 0 Å². The number of nitrogens with one attached hydrogen (secondary N) is 1. The molecule has 0 aromatic heterocycles. The predicted octanol–water partition coefficient (Wildman–Crippen LogP) is 4.15. The van der Waals surface area contributed by atoms with E-state index in [2.05, 4.69) is 5.32 Å². The summed E-state index contributed by atoms with van der Waals surface area (Å²) in [5.41, 5.74) is 2.84. The van der Waals surface area contributed by atoms with Gasteiger partial charge in [-0.1, -0.05) is 24.3 Å². The number of benzene rings is 3. The third kappa shape index (κ3) is 4.86. The fourth-order valence-corrected chi connectivity index (χ4v) is 4.65. The highest BCUT2D eigenvalue weighted by Crippen LogP contribution is 2.32. The number of ether oxygens (including phenoxy) is 2. The Morgan fingerprint density at radius 1 is 0.906 bits per heavy atom. The molecule has 0 atom stereocenters. The van der Waals surface area contributed by atoms with Gasteiger partial charge in [-0.05, 0) is 67.4 Å². The maximum Gasteiger partial charge on any atom is 0.264 e. The molecule has 0 aliphatic rings. The minimum absolute atomic E-state index is 0.0312. The van der Waals surface area contributed by atoms with Crippen LogP contribution in [0.25, 0.3) is 0 Å². The molecule has 8 heteroatoms. The summed E-state index contributed by atoms with van der Waals surface area (Å²) in [6.07, 6.45) is 0. The molecule has 32 heavy (non-hydrogen) atoms. The van der Waals surface area contributed by atoms with E-state index in [1.54, 1.807) is 42.5 Å². The zero-order chi connectivity index (χ0) is 23.3. The number of carbonyl (C=O) groups excluding carboxylic acids is 1. The van der Waals surface area contributed by atoms with Crippen molar-refractivity contribution in [2.24, 2.45) is 0 Å². The molecular formula is C24H26N2O5S. The van der Waals surface area contributed by atoms with Gasteiger partial charge in [0.25, 0.3) is 10.0 Å². The molecule has 1 N–H and O–H groups in total. The monoisotopic (exact) mass is 454 g/mol. The number of carbonyl (C=O) groups is 1. The Kier molecular flexibility index (Phi) is 7.05. The van der Waals surface area contributed by atoms with Gasteiger partial charge in [-0.15, -0.1) is 0 Å². The van der Waals surface area contributed by atoms with Crippen LogP contribution in [0.1, 0.15) is 11.1 Å². The van der Waals surface area contributed by atoms with Crippen LogP contribution in [0.4, 0.5) is 11.4 Å². The molecule has 0 bridgehead atoms. The number of hydrogen-bond acceptors (Lipinski definition) is 5. The smallest absolute Gasteiger partial charge is 0.264 e. The molecule has 0 unspecified atom stereocenters. The molecule has 0 saturated heterocycles. The minimum atomic E-state index is -4.08. The fraction of sp³-hybridized carbons (Fsp3) is 0.208. The molecule has 0 aliphatic carbocycles. The van der Waals surface area contributed by atoms with Crippen molar-refractivity contribution in [2.75, 3.05) is 30.4 Å². The Bertz CT molecular complexity index is 1210. The molecule has 3 aromatic carbocycles. The van der Waals surface area contributed by atoms with Crippen molar-refractivity contribution in [3.8, 4) is 11.5 Å². The number of para-hydroxylation sites is 2. The van der Waals surface area contributed by atoms with Crippen molar-refractivity contribution in [1.29, 1.82) is 0 Å². The van der Waals surface area contributed by atoms with Crippen LogP contribution >= 0.6 is 0 Å². The molecule has 3 rings (SSSR count). The zero-order valence-corrected chi connectivity index (χ0v) is 19.3. The number of methoxy groups -OCH3 is 2. The number of aryl methyl sites for hydroxylation is 1. The maximum absolute atomic E-state index is 13.6. The van der Waals surface area contributed by atoms with Gasteiger partial charge in [-0.2, -0.15) is 0 Å². The highest BCUT2D eigenvalue weighted by Gasteiger charge is 2.29. The van der Waals surface area contributed by atoms with Crippen molar-refractivity contribution >= 4 is 27.3 Å². The van der Waals surface area contributed by atoms with E-state index in [0.717, 1.165) is 15.4 Å². The summed E-state index contributed by atoms with van der Waals surface area (Å²) in [5.74, 6) is 0.395.